The molecule has 1 aromatic heterocycles. The predicted molar refractivity (Wildman–Crippen MR) is 85.5 cm³/mol. The van der Waals surface area contributed by atoms with Gasteiger partial charge in [-0.1, -0.05) is 23.4 Å². The van der Waals surface area contributed by atoms with Crippen LogP contribution in [0.1, 0.15) is 6.92 Å². The Bertz CT molecular complexity index is 807. The van der Waals surface area contributed by atoms with Gasteiger partial charge in [0.25, 0.3) is 0 Å². The second-order valence-electron chi connectivity index (χ2n) is 4.90. The van der Waals surface area contributed by atoms with Crippen LogP contribution >= 0.6 is 0 Å². The molecule has 2 aromatic carbocycles. The van der Waals surface area contributed by atoms with E-state index in [1.165, 1.54) is 6.92 Å². The zero-order valence-electron chi connectivity index (χ0n) is 12.0. The van der Waals surface area contributed by atoms with Crippen LogP contribution in [-0.2, 0) is 4.79 Å². The molecule has 0 fully saturated rings. The fraction of sp³-hybridized carbons (Fsp3) is 0.0625. The summed E-state index contributed by atoms with van der Waals surface area (Å²) in [6, 6.07) is 14.9. The third-order valence-corrected chi connectivity index (χ3v) is 3.13. The van der Waals surface area contributed by atoms with E-state index in [9.17, 15) is 4.79 Å². The molecule has 0 saturated heterocycles. The number of amides is 1. The van der Waals surface area contributed by atoms with Crippen molar-refractivity contribution in [1.82, 2.24) is 15.0 Å². The van der Waals surface area contributed by atoms with Crippen LogP contribution in [0, 0.1) is 0 Å². The van der Waals surface area contributed by atoms with Crippen LogP contribution in [0.2, 0.25) is 0 Å². The van der Waals surface area contributed by atoms with Gasteiger partial charge in [-0.2, -0.15) is 0 Å². The molecule has 0 radical (unpaired) electrons. The van der Waals surface area contributed by atoms with Crippen molar-refractivity contribution in [2.24, 2.45) is 0 Å². The highest BCUT2D eigenvalue weighted by Gasteiger charge is 2.06. The predicted octanol–water partition coefficient (Wildman–Crippen LogP) is 2.47. The highest BCUT2D eigenvalue weighted by atomic mass is 16.1. The number of nitrogens with zero attached hydrogens (tertiary/aromatic N) is 3. The van der Waals surface area contributed by atoms with Gasteiger partial charge in [-0.25, -0.2) is 4.68 Å². The Morgan fingerprint density at radius 3 is 2.64 bits per heavy atom. The Morgan fingerprint density at radius 1 is 1.18 bits per heavy atom. The maximum atomic E-state index is 11.0. The minimum atomic E-state index is -0.0969. The van der Waals surface area contributed by atoms with Gasteiger partial charge in [0.05, 0.1) is 11.9 Å². The zero-order chi connectivity index (χ0) is 15.5. The van der Waals surface area contributed by atoms with Crippen molar-refractivity contribution in [2.45, 2.75) is 6.92 Å². The van der Waals surface area contributed by atoms with Crippen LogP contribution in [0.4, 0.5) is 11.4 Å². The number of carbonyl (C=O) groups is 1. The quantitative estimate of drug-likeness (QED) is 0.726. The molecule has 0 aliphatic carbocycles. The Morgan fingerprint density at radius 2 is 1.95 bits per heavy atom. The molecule has 6 nitrogen and oxygen atoms in total. The molecule has 0 aliphatic heterocycles. The number of rotatable bonds is 3. The monoisotopic (exact) mass is 293 g/mol. The first-order valence-corrected chi connectivity index (χ1v) is 6.78. The first-order chi connectivity index (χ1) is 10.6. The van der Waals surface area contributed by atoms with E-state index in [1.54, 1.807) is 4.68 Å². The van der Waals surface area contributed by atoms with Gasteiger partial charge in [0.15, 0.2) is 0 Å². The average Bonchev–Trinajstić information content (AvgIpc) is 2.97. The van der Waals surface area contributed by atoms with Crippen molar-refractivity contribution in [2.75, 3.05) is 11.1 Å². The van der Waals surface area contributed by atoms with Crippen molar-refractivity contribution in [3.63, 3.8) is 0 Å². The highest BCUT2D eigenvalue weighted by Crippen LogP contribution is 2.20. The fourth-order valence-electron chi connectivity index (χ4n) is 2.12. The minimum absolute atomic E-state index is 0.0969. The number of hydrogen-bond donors (Lipinski definition) is 2. The number of nitrogen functional groups attached to an aromatic ring is 1. The van der Waals surface area contributed by atoms with Gasteiger partial charge in [-0.05, 0) is 30.3 Å². The van der Waals surface area contributed by atoms with Crippen LogP contribution < -0.4 is 11.1 Å². The maximum Gasteiger partial charge on any atom is 0.221 e. The summed E-state index contributed by atoms with van der Waals surface area (Å²) in [6.45, 7) is 1.48. The molecule has 0 saturated carbocycles. The third-order valence-electron chi connectivity index (χ3n) is 3.13. The summed E-state index contributed by atoms with van der Waals surface area (Å²) in [4.78, 5) is 11.0. The summed E-state index contributed by atoms with van der Waals surface area (Å²) in [6.07, 6.45) is 1.84. The number of nitrogens with two attached hydrogens (primary N) is 1. The van der Waals surface area contributed by atoms with E-state index in [1.807, 2.05) is 54.7 Å². The normalized spacial score (nSPS) is 10.4. The number of nitrogens with one attached hydrogen (secondary N) is 1. The number of anilines is 2. The van der Waals surface area contributed by atoms with E-state index in [0.717, 1.165) is 22.6 Å². The van der Waals surface area contributed by atoms with Crippen molar-refractivity contribution in [1.29, 1.82) is 0 Å². The number of hydrogen-bond acceptors (Lipinski definition) is 4. The van der Waals surface area contributed by atoms with Crippen LogP contribution in [-0.4, -0.2) is 20.9 Å². The molecule has 0 spiro atoms. The first kappa shape index (κ1) is 13.8. The molecule has 3 aromatic rings. The summed E-state index contributed by atoms with van der Waals surface area (Å²) in [5.41, 5.74) is 9.72. The van der Waals surface area contributed by atoms with Crippen LogP contribution in [0.3, 0.4) is 0 Å². The Balaban J connectivity index is 1.86. The smallest absolute Gasteiger partial charge is 0.221 e. The van der Waals surface area contributed by atoms with Crippen molar-refractivity contribution >= 4 is 17.3 Å². The lowest BCUT2D eigenvalue weighted by Gasteiger charge is -2.02. The van der Waals surface area contributed by atoms with E-state index in [0.29, 0.717) is 5.69 Å². The van der Waals surface area contributed by atoms with Crippen molar-refractivity contribution < 1.29 is 4.79 Å². The maximum absolute atomic E-state index is 11.0. The van der Waals surface area contributed by atoms with E-state index >= 15 is 0 Å². The summed E-state index contributed by atoms with van der Waals surface area (Å²) >= 11 is 0. The van der Waals surface area contributed by atoms with E-state index < -0.39 is 0 Å². The molecule has 6 heteroatoms. The lowest BCUT2D eigenvalue weighted by molar-refractivity contribution is -0.114. The van der Waals surface area contributed by atoms with Crippen molar-refractivity contribution in [3.05, 3.63) is 54.7 Å². The van der Waals surface area contributed by atoms with Gasteiger partial charge in [0, 0.05) is 23.9 Å². The van der Waals surface area contributed by atoms with Gasteiger partial charge in [-0.3, -0.25) is 4.79 Å². The molecular formula is C16H15N5O. The van der Waals surface area contributed by atoms with Crippen LogP contribution in [0.15, 0.2) is 54.7 Å². The first-order valence-electron chi connectivity index (χ1n) is 6.78. The fourth-order valence-corrected chi connectivity index (χ4v) is 2.12. The third kappa shape index (κ3) is 2.95. The van der Waals surface area contributed by atoms with Gasteiger partial charge < -0.3 is 11.1 Å². The van der Waals surface area contributed by atoms with E-state index in [-0.39, 0.29) is 5.91 Å². The number of benzene rings is 2. The van der Waals surface area contributed by atoms with Gasteiger partial charge in [-0.15, -0.1) is 5.10 Å². The lowest BCUT2D eigenvalue weighted by atomic mass is 10.1. The second-order valence-corrected chi connectivity index (χ2v) is 4.90. The highest BCUT2D eigenvalue weighted by molar-refractivity contribution is 5.88. The summed E-state index contributed by atoms with van der Waals surface area (Å²) in [5.74, 6) is -0.0969. The largest absolute Gasteiger partial charge is 0.399 e. The molecule has 1 amide bonds. The molecule has 0 bridgehead atoms. The molecule has 22 heavy (non-hydrogen) atoms. The molecule has 110 valence electrons. The Hall–Kier alpha value is -3.15. The molecule has 0 unspecified atom stereocenters. The van der Waals surface area contributed by atoms with Gasteiger partial charge >= 0.3 is 0 Å². The standard InChI is InChI=1S/C16H15N5O/c1-11(22)18-14-7-5-12(6-8-14)16-10-21(20-19-16)15-4-2-3-13(17)9-15/h2-10H,17H2,1H3,(H,18,22). The molecule has 1 heterocycles. The minimum Gasteiger partial charge on any atom is -0.399 e. The molecule has 3 rings (SSSR count). The summed E-state index contributed by atoms with van der Waals surface area (Å²) in [5, 5.41) is 11.0. The number of carbonyl (C=O) groups excluding carboxylic acids is 1. The Labute approximate surface area is 127 Å². The molecule has 0 atom stereocenters. The average molecular weight is 293 g/mol. The van der Waals surface area contributed by atoms with E-state index in [4.69, 9.17) is 5.73 Å². The van der Waals surface area contributed by atoms with Gasteiger partial charge in [0.1, 0.15) is 5.69 Å². The Kier molecular flexibility index (Phi) is 3.57. The second kappa shape index (κ2) is 5.69. The molecule has 3 N–H and O–H groups in total. The van der Waals surface area contributed by atoms with E-state index in [2.05, 4.69) is 15.6 Å². The SMILES string of the molecule is CC(=O)Nc1ccc(-c2cn(-c3cccc(N)c3)nn2)cc1. The molecular weight excluding hydrogens is 278 g/mol. The van der Waals surface area contributed by atoms with Gasteiger partial charge in [0.2, 0.25) is 5.91 Å². The molecule has 0 aliphatic rings. The lowest BCUT2D eigenvalue weighted by Crippen LogP contribution is -2.05. The summed E-state index contributed by atoms with van der Waals surface area (Å²) in [7, 11) is 0. The number of aromatic nitrogens is 3. The zero-order valence-corrected chi connectivity index (χ0v) is 12.0. The van der Waals surface area contributed by atoms with Crippen LogP contribution in [0.5, 0.6) is 0 Å². The summed E-state index contributed by atoms with van der Waals surface area (Å²) < 4.78 is 1.67. The topological polar surface area (TPSA) is 85.8 Å². The van der Waals surface area contributed by atoms with Crippen molar-refractivity contribution in [3.8, 4) is 16.9 Å². The van der Waals surface area contributed by atoms with Crippen LogP contribution in [0.25, 0.3) is 16.9 Å².